The fourth-order valence-electron chi connectivity index (χ4n) is 1.25. The number of hydrogen-bond acceptors (Lipinski definition) is 5. The van der Waals surface area contributed by atoms with Crippen LogP contribution >= 0.6 is 0 Å². The Labute approximate surface area is 98.0 Å². The summed E-state index contributed by atoms with van der Waals surface area (Å²) in [7, 11) is 0. The van der Waals surface area contributed by atoms with Gasteiger partial charge >= 0.3 is 0 Å². The summed E-state index contributed by atoms with van der Waals surface area (Å²) < 4.78 is 5.41. The number of nitro benzene ring substituents is 1. The highest BCUT2D eigenvalue weighted by molar-refractivity contribution is 5.91. The quantitative estimate of drug-likeness (QED) is 0.581. The lowest BCUT2D eigenvalue weighted by molar-refractivity contribution is -0.385. The minimum atomic E-state index is -1.60. The van der Waals surface area contributed by atoms with E-state index in [0.29, 0.717) is 0 Å². The first-order chi connectivity index (χ1) is 7.70. The molecular weight excluding hydrogens is 226 g/mol. The molecule has 17 heavy (non-hydrogen) atoms. The van der Waals surface area contributed by atoms with Crippen LogP contribution < -0.4 is 9.84 Å². The van der Waals surface area contributed by atoms with E-state index in [-0.39, 0.29) is 5.75 Å². The molecular formula is C11H12NO5-. The van der Waals surface area contributed by atoms with Gasteiger partial charge in [0.25, 0.3) is 5.69 Å². The van der Waals surface area contributed by atoms with Crippen molar-refractivity contribution < 1.29 is 19.6 Å². The van der Waals surface area contributed by atoms with Crippen molar-refractivity contribution in [3.63, 3.8) is 0 Å². The van der Waals surface area contributed by atoms with E-state index >= 15 is 0 Å². The maximum Gasteiger partial charge on any atom is 0.278 e. The average Bonchev–Trinajstić information content (AvgIpc) is 2.14. The molecule has 1 aromatic carbocycles. The Morgan fingerprint density at radius 3 is 2.35 bits per heavy atom. The van der Waals surface area contributed by atoms with Crippen LogP contribution in [0, 0.1) is 10.1 Å². The molecule has 0 saturated heterocycles. The zero-order valence-corrected chi connectivity index (χ0v) is 9.72. The summed E-state index contributed by atoms with van der Waals surface area (Å²) in [5.41, 5.74) is -1.51. The zero-order valence-electron chi connectivity index (χ0n) is 9.72. The van der Waals surface area contributed by atoms with Crippen molar-refractivity contribution in [2.24, 2.45) is 0 Å². The number of carbonyl (C=O) groups excluding carboxylic acids is 1. The Hall–Kier alpha value is -2.11. The van der Waals surface area contributed by atoms with Gasteiger partial charge in [-0.15, -0.1) is 0 Å². The second-order valence-corrected chi connectivity index (χ2v) is 4.44. The van der Waals surface area contributed by atoms with Crippen LogP contribution in [0.3, 0.4) is 0 Å². The van der Waals surface area contributed by atoms with E-state index in [0.717, 1.165) is 12.1 Å². The lowest BCUT2D eigenvalue weighted by atomic mass is 10.1. The number of aromatic carboxylic acids is 1. The highest BCUT2D eigenvalue weighted by Gasteiger charge is 2.18. The minimum Gasteiger partial charge on any atom is -0.545 e. The lowest BCUT2D eigenvalue weighted by Gasteiger charge is -2.21. The zero-order chi connectivity index (χ0) is 13.2. The second-order valence-electron chi connectivity index (χ2n) is 4.44. The monoisotopic (exact) mass is 238 g/mol. The molecule has 0 N–H and O–H groups in total. The van der Waals surface area contributed by atoms with E-state index in [9.17, 15) is 20.0 Å². The number of ether oxygens (including phenoxy) is 1. The Bertz CT molecular complexity index is 461. The molecule has 0 bridgehead atoms. The van der Waals surface area contributed by atoms with E-state index < -0.39 is 27.7 Å². The predicted octanol–water partition coefficient (Wildman–Crippen LogP) is 1.14. The van der Waals surface area contributed by atoms with Crippen LogP contribution in [0.15, 0.2) is 18.2 Å². The molecule has 0 radical (unpaired) electrons. The van der Waals surface area contributed by atoms with Crippen molar-refractivity contribution in [1.82, 2.24) is 0 Å². The summed E-state index contributed by atoms with van der Waals surface area (Å²) in [6.07, 6.45) is 0. The number of rotatable bonds is 3. The van der Waals surface area contributed by atoms with Gasteiger partial charge in [0.15, 0.2) is 0 Å². The van der Waals surface area contributed by atoms with Crippen LogP contribution in [0.5, 0.6) is 5.75 Å². The van der Waals surface area contributed by atoms with Gasteiger partial charge in [0, 0.05) is 6.07 Å². The number of carbonyl (C=O) groups is 1. The molecule has 0 heterocycles. The van der Waals surface area contributed by atoms with Crippen LogP contribution in [0.25, 0.3) is 0 Å². The average molecular weight is 238 g/mol. The molecule has 0 saturated carbocycles. The highest BCUT2D eigenvalue weighted by atomic mass is 16.6. The van der Waals surface area contributed by atoms with Gasteiger partial charge in [-0.2, -0.15) is 0 Å². The summed E-state index contributed by atoms with van der Waals surface area (Å²) in [5, 5.41) is 21.4. The van der Waals surface area contributed by atoms with Gasteiger partial charge < -0.3 is 14.6 Å². The molecule has 0 amide bonds. The summed E-state index contributed by atoms with van der Waals surface area (Å²) in [5.74, 6) is -1.35. The topological polar surface area (TPSA) is 92.5 Å². The van der Waals surface area contributed by atoms with Gasteiger partial charge in [0.2, 0.25) is 0 Å². The van der Waals surface area contributed by atoms with Crippen LogP contribution in [0.1, 0.15) is 31.1 Å². The first-order valence-corrected chi connectivity index (χ1v) is 4.89. The number of hydrogen-bond donors (Lipinski definition) is 0. The Morgan fingerprint density at radius 1 is 1.35 bits per heavy atom. The maximum atomic E-state index is 10.8. The lowest BCUT2D eigenvalue weighted by Crippen LogP contribution is -2.25. The Balaban J connectivity index is 3.19. The summed E-state index contributed by atoms with van der Waals surface area (Å²) in [6, 6.07) is 3.54. The fraction of sp³-hybridized carbons (Fsp3) is 0.364. The standard InChI is InChI=1S/C11H13NO5/c1-11(2,3)17-7-4-5-9(12(15)16)8(6-7)10(13)14/h4-6H,1-3H3,(H,13,14)/p-1. The molecule has 0 aromatic heterocycles. The molecule has 6 heteroatoms. The maximum absolute atomic E-state index is 10.8. The molecule has 1 aromatic rings. The molecule has 0 fully saturated rings. The van der Waals surface area contributed by atoms with Gasteiger partial charge in [0.1, 0.15) is 11.4 Å². The van der Waals surface area contributed by atoms with Crippen LogP contribution in [0.4, 0.5) is 5.69 Å². The van der Waals surface area contributed by atoms with Crippen molar-refractivity contribution in [2.75, 3.05) is 0 Å². The fourth-order valence-corrected chi connectivity index (χ4v) is 1.25. The van der Waals surface area contributed by atoms with Crippen molar-refractivity contribution in [2.45, 2.75) is 26.4 Å². The number of nitro groups is 1. The molecule has 0 aliphatic carbocycles. The third kappa shape index (κ3) is 3.44. The van der Waals surface area contributed by atoms with Crippen molar-refractivity contribution in [3.05, 3.63) is 33.9 Å². The second kappa shape index (κ2) is 4.40. The summed E-state index contributed by atoms with van der Waals surface area (Å²) in [6.45, 7) is 5.35. The molecule has 0 atom stereocenters. The molecule has 0 unspecified atom stereocenters. The third-order valence-corrected chi connectivity index (χ3v) is 1.81. The number of carboxylic acids is 1. The van der Waals surface area contributed by atoms with Crippen LogP contribution in [0.2, 0.25) is 0 Å². The number of nitrogens with zero attached hydrogens (tertiary/aromatic N) is 1. The smallest absolute Gasteiger partial charge is 0.278 e. The molecule has 1 rings (SSSR count). The molecule has 0 spiro atoms. The third-order valence-electron chi connectivity index (χ3n) is 1.81. The van der Waals surface area contributed by atoms with Crippen molar-refractivity contribution in [1.29, 1.82) is 0 Å². The van der Waals surface area contributed by atoms with Gasteiger partial charge in [0.05, 0.1) is 16.5 Å². The van der Waals surface area contributed by atoms with Crippen molar-refractivity contribution in [3.8, 4) is 5.75 Å². The Kier molecular flexibility index (Phi) is 3.36. The molecule has 92 valence electrons. The van der Waals surface area contributed by atoms with Crippen LogP contribution in [-0.4, -0.2) is 16.5 Å². The highest BCUT2D eigenvalue weighted by Crippen LogP contribution is 2.25. The SMILES string of the molecule is CC(C)(C)Oc1ccc([N+](=O)[O-])c(C(=O)[O-])c1. The van der Waals surface area contributed by atoms with E-state index in [1.165, 1.54) is 6.07 Å². The molecule has 0 aliphatic heterocycles. The van der Waals surface area contributed by atoms with Crippen molar-refractivity contribution >= 4 is 11.7 Å². The Morgan fingerprint density at radius 2 is 1.94 bits per heavy atom. The number of benzene rings is 1. The van der Waals surface area contributed by atoms with Gasteiger partial charge in [-0.3, -0.25) is 10.1 Å². The normalized spacial score (nSPS) is 11.0. The molecule has 0 aliphatic rings. The molecule has 6 nitrogen and oxygen atoms in total. The first-order valence-electron chi connectivity index (χ1n) is 4.89. The van der Waals surface area contributed by atoms with Gasteiger partial charge in [-0.1, -0.05) is 0 Å². The van der Waals surface area contributed by atoms with Gasteiger partial charge in [-0.25, -0.2) is 0 Å². The van der Waals surface area contributed by atoms with E-state index in [4.69, 9.17) is 4.74 Å². The minimum absolute atomic E-state index is 0.252. The van der Waals surface area contributed by atoms with E-state index in [2.05, 4.69) is 0 Å². The predicted molar refractivity (Wildman–Crippen MR) is 57.8 cm³/mol. The van der Waals surface area contributed by atoms with Gasteiger partial charge in [-0.05, 0) is 32.9 Å². The van der Waals surface area contributed by atoms with Crippen LogP contribution in [-0.2, 0) is 0 Å². The summed E-state index contributed by atoms with van der Waals surface area (Å²) in [4.78, 5) is 20.6. The first kappa shape index (κ1) is 13.0. The summed E-state index contributed by atoms with van der Waals surface area (Å²) >= 11 is 0. The largest absolute Gasteiger partial charge is 0.545 e. The van der Waals surface area contributed by atoms with E-state index in [1.807, 2.05) is 0 Å². The number of carboxylic acid groups (broad SMARTS) is 1. The van der Waals surface area contributed by atoms with E-state index in [1.54, 1.807) is 20.8 Å².